The molecule has 1 aromatic carbocycles. The van der Waals surface area contributed by atoms with Crippen LogP contribution in [-0.4, -0.2) is 55.8 Å². The summed E-state index contributed by atoms with van der Waals surface area (Å²) in [5.41, 5.74) is 0.516. The highest BCUT2D eigenvalue weighted by Crippen LogP contribution is 2.59. The first-order chi connectivity index (χ1) is 14.3. The van der Waals surface area contributed by atoms with E-state index >= 15 is 0 Å². The van der Waals surface area contributed by atoms with Gasteiger partial charge in [0.2, 0.25) is 0 Å². The van der Waals surface area contributed by atoms with E-state index in [9.17, 15) is 26.4 Å². The second kappa shape index (κ2) is 7.19. The maximum atomic E-state index is 13.3. The van der Waals surface area contributed by atoms with E-state index in [2.05, 4.69) is 4.98 Å². The van der Waals surface area contributed by atoms with Crippen LogP contribution in [0.25, 0.3) is 0 Å². The van der Waals surface area contributed by atoms with Crippen LogP contribution in [0.15, 0.2) is 28.5 Å². The number of carbonyl (C=O) groups is 1. The van der Waals surface area contributed by atoms with Gasteiger partial charge in [-0.2, -0.15) is 13.2 Å². The van der Waals surface area contributed by atoms with E-state index in [4.69, 9.17) is 4.74 Å². The van der Waals surface area contributed by atoms with Crippen molar-refractivity contribution in [2.24, 2.45) is 5.92 Å². The average Bonchev–Trinajstić information content (AvgIpc) is 2.99. The minimum atomic E-state index is -4.63. The van der Waals surface area contributed by atoms with Gasteiger partial charge < -0.3 is 9.64 Å². The Hall–Kier alpha value is -2.14. The Bertz CT molecular complexity index is 1150. The third-order valence-electron chi connectivity index (χ3n) is 5.94. The molecule has 0 bridgehead atoms. The SMILES string of the molecule is Cc1nc(C23CC2CN(C(=O)c2cc(S(C)(=O)=O)ccc2O[C@@H](C)C(F)(F)F)C3)cs1. The maximum absolute atomic E-state index is 13.3. The van der Waals surface area contributed by atoms with Crippen LogP contribution in [0.5, 0.6) is 5.75 Å². The van der Waals surface area contributed by atoms with Crippen LogP contribution in [0.4, 0.5) is 13.2 Å². The highest BCUT2D eigenvalue weighted by atomic mass is 32.2. The molecular formula is C20H21F3N2O4S2. The zero-order valence-corrected chi connectivity index (χ0v) is 18.7. The summed E-state index contributed by atoms with van der Waals surface area (Å²) in [7, 11) is -3.67. The summed E-state index contributed by atoms with van der Waals surface area (Å²) in [5.74, 6) is -0.607. The molecule has 1 saturated carbocycles. The highest BCUT2D eigenvalue weighted by molar-refractivity contribution is 7.90. The van der Waals surface area contributed by atoms with E-state index in [1.165, 1.54) is 11.3 Å². The number of amides is 1. The maximum Gasteiger partial charge on any atom is 0.425 e. The highest BCUT2D eigenvalue weighted by Gasteiger charge is 2.63. The lowest BCUT2D eigenvalue weighted by Crippen LogP contribution is -2.35. The summed E-state index contributed by atoms with van der Waals surface area (Å²) in [6.45, 7) is 3.56. The van der Waals surface area contributed by atoms with Gasteiger partial charge in [-0.05, 0) is 44.4 Å². The zero-order chi connectivity index (χ0) is 22.8. The molecule has 168 valence electrons. The number of sulfone groups is 1. The first-order valence-corrected chi connectivity index (χ1v) is 12.4. The summed E-state index contributed by atoms with van der Waals surface area (Å²) < 4.78 is 68.0. The molecule has 31 heavy (non-hydrogen) atoms. The molecule has 1 amide bonds. The van der Waals surface area contributed by atoms with E-state index in [1.807, 2.05) is 12.3 Å². The number of carbonyl (C=O) groups excluding carboxylic acids is 1. The number of fused-ring (bicyclic) bond motifs is 1. The van der Waals surface area contributed by atoms with Crippen LogP contribution in [0.1, 0.15) is 34.4 Å². The van der Waals surface area contributed by atoms with Crippen molar-refractivity contribution in [1.82, 2.24) is 9.88 Å². The molecule has 2 unspecified atom stereocenters. The molecule has 3 atom stereocenters. The lowest BCUT2D eigenvalue weighted by Gasteiger charge is -2.24. The number of ether oxygens (including phenoxy) is 1. The molecule has 1 aliphatic carbocycles. The fourth-order valence-corrected chi connectivity index (χ4v) is 5.43. The predicted molar refractivity (Wildman–Crippen MR) is 108 cm³/mol. The monoisotopic (exact) mass is 474 g/mol. The number of aryl methyl sites for hydroxylation is 1. The molecule has 6 nitrogen and oxygen atoms in total. The van der Waals surface area contributed by atoms with Crippen molar-refractivity contribution in [3.8, 4) is 5.75 Å². The normalized spacial score (nSPS) is 24.1. The number of rotatable bonds is 5. The lowest BCUT2D eigenvalue weighted by atomic mass is 10.0. The number of aromatic nitrogens is 1. The number of hydrogen-bond donors (Lipinski definition) is 0. The molecule has 2 aliphatic rings. The second-order valence-corrected chi connectivity index (χ2v) is 11.3. The number of alkyl halides is 3. The first-order valence-electron chi connectivity index (χ1n) is 9.60. The number of piperidine rings is 1. The number of likely N-dealkylation sites (tertiary alicyclic amines) is 1. The first kappa shape index (κ1) is 22.1. The van der Waals surface area contributed by atoms with Crippen molar-refractivity contribution >= 4 is 27.1 Å². The third kappa shape index (κ3) is 4.05. The molecule has 0 spiro atoms. The number of hydrogen-bond acceptors (Lipinski definition) is 6. The number of nitrogens with zero attached hydrogens (tertiary/aromatic N) is 2. The minimum absolute atomic E-state index is 0.156. The number of halogens is 3. The van der Waals surface area contributed by atoms with Gasteiger partial charge in [0.1, 0.15) is 5.75 Å². The van der Waals surface area contributed by atoms with E-state index < -0.39 is 28.0 Å². The van der Waals surface area contributed by atoms with Crippen LogP contribution in [0, 0.1) is 12.8 Å². The van der Waals surface area contributed by atoms with Crippen molar-refractivity contribution in [2.75, 3.05) is 19.3 Å². The molecule has 2 aromatic rings. The fourth-order valence-electron chi connectivity index (χ4n) is 4.06. The molecule has 1 aliphatic heterocycles. The van der Waals surface area contributed by atoms with Gasteiger partial charge in [-0.1, -0.05) is 0 Å². The van der Waals surface area contributed by atoms with Crippen LogP contribution in [0.3, 0.4) is 0 Å². The Labute approximate surface area is 182 Å². The molecule has 4 rings (SSSR count). The summed E-state index contributed by atoms with van der Waals surface area (Å²) in [6, 6.07) is 3.35. The zero-order valence-electron chi connectivity index (χ0n) is 17.1. The van der Waals surface area contributed by atoms with Crippen molar-refractivity contribution in [2.45, 2.75) is 42.9 Å². The molecular weight excluding hydrogens is 453 g/mol. The predicted octanol–water partition coefficient (Wildman–Crippen LogP) is 3.60. The van der Waals surface area contributed by atoms with Crippen LogP contribution in [-0.2, 0) is 15.3 Å². The average molecular weight is 475 g/mol. The number of thiazole rings is 1. The van der Waals surface area contributed by atoms with Gasteiger partial charge in [-0.25, -0.2) is 13.4 Å². The molecule has 0 radical (unpaired) electrons. The smallest absolute Gasteiger partial charge is 0.425 e. The van der Waals surface area contributed by atoms with Gasteiger partial charge in [0.05, 0.1) is 21.2 Å². The summed E-state index contributed by atoms with van der Waals surface area (Å²) in [5, 5.41) is 2.91. The van der Waals surface area contributed by atoms with Crippen molar-refractivity contribution in [3.63, 3.8) is 0 Å². The summed E-state index contributed by atoms with van der Waals surface area (Å²) in [4.78, 5) is 19.2. The molecule has 0 N–H and O–H groups in total. The Balaban J connectivity index is 1.65. The van der Waals surface area contributed by atoms with E-state index in [1.54, 1.807) is 4.90 Å². The quantitative estimate of drug-likeness (QED) is 0.662. The fraction of sp³-hybridized carbons (Fsp3) is 0.500. The van der Waals surface area contributed by atoms with Crippen molar-refractivity contribution < 1.29 is 31.1 Å². The van der Waals surface area contributed by atoms with Crippen LogP contribution in [0.2, 0.25) is 0 Å². The Morgan fingerprint density at radius 2 is 2.10 bits per heavy atom. The summed E-state index contributed by atoms with van der Waals surface area (Å²) >= 11 is 1.53. The molecule has 2 fully saturated rings. The van der Waals surface area contributed by atoms with Crippen LogP contribution >= 0.6 is 11.3 Å². The second-order valence-electron chi connectivity index (χ2n) is 8.23. The number of benzene rings is 1. The van der Waals surface area contributed by atoms with Gasteiger partial charge >= 0.3 is 6.18 Å². The topological polar surface area (TPSA) is 76.6 Å². The largest absolute Gasteiger partial charge is 0.480 e. The van der Waals surface area contributed by atoms with E-state index in [-0.39, 0.29) is 27.5 Å². The van der Waals surface area contributed by atoms with Crippen LogP contribution < -0.4 is 4.74 Å². The standard InChI is InChI=1S/C20H21F3N2O4S2/c1-11(20(21,22)23)29-16-5-4-14(31(3,27)28)6-15(16)18(26)25-8-13-7-19(13,10-25)17-9-30-12(2)24-17/h4-6,9,11,13H,7-8,10H2,1-3H3/t11-,13?,19?/m0/s1. The lowest BCUT2D eigenvalue weighted by molar-refractivity contribution is -0.189. The van der Waals surface area contributed by atoms with Gasteiger partial charge in [0.15, 0.2) is 15.9 Å². The van der Waals surface area contributed by atoms with E-state index in [0.29, 0.717) is 13.1 Å². The van der Waals surface area contributed by atoms with Crippen molar-refractivity contribution in [3.05, 3.63) is 39.8 Å². The molecule has 11 heteroatoms. The summed E-state index contributed by atoms with van der Waals surface area (Å²) in [6.07, 6.45) is -4.91. The van der Waals surface area contributed by atoms with Gasteiger partial charge in [-0.3, -0.25) is 4.79 Å². The third-order valence-corrected chi connectivity index (χ3v) is 7.82. The molecule has 1 saturated heterocycles. The minimum Gasteiger partial charge on any atom is -0.480 e. The van der Waals surface area contributed by atoms with Gasteiger partial charge in [-0.15, -0.1) is 11.3 Å². The Morgan fingerprint density at radius 3 is 2.68 bits per heavy atom. The van der Waals surface area contributed by atoms with Crippen molar-refractivity contribution in [1.29, 1.82) is 0 Å². The van der Waals surface area contributed by atoms with E-state index in [0.717, 1.165) is 48.5 Å². The Kier molecular flexibility index (Phi) is 5.12. The van der Waals surface area contributed by atoms with Gasteiger partial charge in [0, 0.05) is 30.1 Å². The molecule has 2 heterocycles. The molecule has 1 aromatic heterocycles. The van der Waals surface area contributed by atoms with Gasteiger partial charge in [0.25, 0.3) is 5.91 Å². The Morgan fingerprint density at radius 1 is 1.39 bits per heavy atom.